The molecule has 1 N–H and O–H groups in total. The van der Waals surface area contributed by atoms with Crippen molar-refractivity contribution in [2.45, 2.75) is 31.1 Å². The predicted molar refractivity (Wildman–Crippen MR) is 105 cm³/mol. The van der Waals surface area contributed by atoms with E-state index in [0.717, 1.165) is 6.07 Å². The van der Waals surface area contributed by atoms with Crippen LogP contribution in [0.25, 0.3) is 0 Å². The van der Waals surface area contributed by atoms with E-state index in [-0.39, 0.29) is 5.56 Å². The van der Waals surface area contributed by atoms with E-state index >= 15 is 0 Å². The van der Waals surface area contributed by atoms with Crippen molar-refractivity contribution in [3.8, 4) is 11.5 Å². The Hall–Kier alpha value is -2.45. The van der Waals surface area contributed by atoms with Crippen LogP contribution in [0.4, 0.5) is 13.2 Å². The maximum Gasteiger partial charge on any atom is 0.417 e. The van der Waals surface area contributed by atoms with E-state index < -0.39 is 34.8 Å². The normalized spacial score (nSPS) is 18.3. The van der Waals surface area contributed by atoms with Gasteiger partial charge in [0.25, 0.3) is 0 Å². The summed E-state index contributed by atoms with van der Waals surface area (Å²) >= 11 is 5.80. The fourth-order valence-corrected chi connectivity index (χ4v) is 4.11. The number of carboxylic acid groups (broad SMARTS) is 1. The molecule has 0 amide bonds. The standard InChI is InChI=1S/C21H21ClF3NO4/c1-29-13-6-7-14(18(11-13)30-2)19(26-9-3-4-17(26)20(27)28)12-5-8-16(22)15(10-12)21(23,24)25/h5-8,10-11,17,19H,3-4,9H2,1-2H3,(H,27,28). The Morgan fingerprint density at radius 1 is 1.20 bits per heavy atom. The highest BCUT2D eigenvalue weighted by Crippen LogP contribution is 2.43. The molecular formula is C21H21ClF3NO4. The Morgan fingerprint density at radius 3 is 2.53 bits per heavy atom. The number of nitrogens with zero attached hydrogens (tertiary/aromatic N) is 1. The van der Waals surface area contributed by atoms with Crippen molar-refractivity contribution in [2.24, 2.45) is 0 Å². The molecule has 2 aromatic carbocycles. The smallest absolute Gasteiger partial charge is 0.417 e. The number of methoxy groups -OCH3 is 2. The average Bonchev–Trinajstić information content (AvgIpc) is 3.18. The van der Waals surface area contributed by atoms with Crippen LogP contribution in [-0.4, -0.2) is 42.8 Å². The van der Waals surface area contributed by atoms with Crippen molar-refractivity contribution in [3.63, 3.8) is 0 Å². The number of hydrogen-bond donors (Lipinski definition) is 1. The Morgan fingerprint density at radius 2 is 1.93 bits per heavy atom. The summed E-state index contributed by atoms with van der Waals surface area (Å²) in [7, 11) is 2.93. The van der Waals surface area contributed by atoms with Gasteiger partial charge in [-0.15, -0.1) is 0 Å². The highest BCUT2D eigenvalue weighted by molar-refractivity contribution is 6.31. The van der Waals surface area contributed by atoms with Gasteiger partial charge >= 0.3 is 12.1 Å². The van der Waals surface area contributed by atoms with Crippen molar-refractivity contribution < 1.29 is 32.5 Å². The van der Waals surface area contributed by atoms with E-state index in [1.54, 1.807) is 23.1 Å². The van der Waals surface area contributed by atoms with Crippen LogP contribution in [0.15, 0.2) is 36.4 Å². The highest BCUT2D eigenvalue weighted by atomic mass is 35.5. The summed E-state index contributed by atoms with van der Waals surface area (Å²) in [5.74, 6) is -0.119. The van der Waals surface area contributed by atoms with Gasteiger partial charge in [0, 0.05) is 18.2 Å². The molecule has 1 aliphatic rings. The number of rotatable bonds is 6. The molecule has 9 heteroatoms. The molecule has 0 radical (unpaired) electrons. The van der Waals surface area contributed by atoms with Crippen molar-refractivity contribution >= 4 is 17.6 Å². The molecule has 0 aromatic heterocycles. The molecule has 5 nitrogen and oxygen atoms in total. The second kappa shape index (κ2) is 8.73. The summed E-state index contributed by atoms with van der Waals surface area (Å²) in [5, 5.41) is 9.25. The van der Waals surface area contributed by atoms with E-state index in [0.29, 0.717) is 36.4 Å². The third kappa shape index (κ3) is 4.34. The molecule has 1 fully saturated rings. The number of ether oxygens (including phenoxy) is 2. The molecule has 0 bridgehead atoms. The number of carboxylic acids is 1. The van der Waals surface area contributed by atoms with Gasteiger partial charge < -0.3 is 14.6 Å². The molecule has 0 saturated carbocycles. The van der Waals surface area contributed by atoms with Crippen LogP contribution in [-0.2, 0) is 11.0 Å². The Kier molecular flexibility index (Phi) is 6.47. The van der Waals surface area contributed by atoms with Gasteiger partial charge in [0.15, 0.2) is 0 Å². The molecule has 162 valence electrons. The second-order valence-corrected chi connectivity index (χ2v) is 7.39. The van der Waals surface area contributed by atoms with Crippen LogP contribution >= 0.6 is 11.6 Å². The Bertz CT molecular complexity index is 935. The molecule has 2 atom stereocenters. The molecular weight excluding hydrogens is 423 g/mol. The zero-order valence-corrected chi connectivity index (χ0v) is 17.1. The minimum atomic E-state index is -4.64. The third-order valence-electron chi connectivity index (χ3n) is 5.26. The summed E-state index contributed by atoms with van der Waals surface area (Å²) in [5.41, 5.74) is -0.143. The SMILES string of the molecule is COc1ccc(C(c2ccc(Cl)c(C(F)(F)F)c2)N2CCCC2C(=O)O)c(OC)c1. The molecule has 0 spiro atoms. The van der Waals surface area contributed by atoms with Gasteiger partial charge in [0.1, 0.15) is 17.5 Å². The number of benzene rings is 2. The van der Waals surface area contributed by atoms with Crippen LogP contribution in [0.3, 0.4) is 0 Å². The number of aliphatic carboxylic acids is 1. The Labute approximate surface area is 177 Å². The van der Waals surface area contributed by atoms with Crippen LogP contribution in [0.2, 0.25) is 5.02 Å². The summed E-state index contributed by atoms with van der Waals surface area (Å²) in [6, 6.07) is 7.03. The first-order valence-electron chi connectivity index (χ1n) is 9.24. The summed E-state index contributed by atoms with van der Waals surface area (Å²) in [4.78, 5) is 13.5. The minimum absolute atomic E-state index is 0.281. The van der Waals surface area contributed by atoms with Crippen LogP contribution in [0.5, 0.6) is 11.5 Å². The predicted octanol–water partition coefficient (Wildman–Crippen LogP) is 5.01. The lowest BCUT2D eigenvalue weighted by atomic mass is 9.93. The minimum Gasteiger partial charge on any atom is -0.497 e. The van der Waals surface area contributed by atoms with Gasteiger partial charge in [-0.1, -0.05) is 17.7 Å². The lowest BCUT2D eigenvalue weighted by molar-refractivity contribution is -0.143. The van der Waals surface area contributed by atoms with Gasteiger partial charge in [-0.05, 0) is 42.7 Å². The van der Waals surface area contributed by atoms with E-state index in [1.807, 2.05) is 0 Å². The number of carbonyl (C=O) groups is 1. The largest absolute Gasteiger partial charge is 0.497 e. The number of halogens is 4. The number of likely N-dealkylation sites (tertiary alicyclic amines) is 1. The zero-order valence-electron chi connectivity index (χ0n) is 16.4. The van der Waals surface area contributed by atoms with E-state index in [2.05, 4.69) is 0 Å². The fraction of sp³-hybridized carbons (Fsp3) is 0.381. The topological polar surface area (TPSA) is 59.0 Å². The maximum absolute atomic E-state index is 13.5. The average molecular weight is 444 g/mol. The van der Waals surface area contributed by atoms with Gasteiger partial charge in [-0.2, -0.15) is 13.2 Å². The summed E-state index contributed by atoms with van der Waals surface area (Å²) in [6.45, 7) is 0.417. The van der Waals surface area contributed by atoms with Crippen molar-refractivity contribution in [1.82, 2.24) is 4.90 Å². The maximum atomic E-state index is 13.5. The first-order chi connectivity index (χ1) is 14.2. The lowest BCUT2D eigenvalue weighted by Crippen LogP contribution is -2.39. The molecule has 1 aliphatic heterocycles. The molecule has 30 heavy (non-hydrogen) atoms. The first-order valence-corrected chi connectivity index (χ1v) is 9.62. The van der Waals surface area contributed by atoms with Crippen LogP contribution in [0, 0.1) is 0 Å². The van der Waals surface area contributed by atoms with Crippen molar-refractivity contribution in [2.75, 3.05) is 20.8 Å². The first kappa shape index (κ1) is 22.2. The van der Waals surface area contributed by atoms with E-state index in [4.69, 9.17) is 21.1 Å². The highest BCUT2D eigenvalue weighted by Gasteiger charge is 2.40. The van der Waals surface area contributed by atoms with Crippen molar-refractivity contribution in [3.05, 3.63) is 58.1 Å². The van der Waals surface area contributed by atoms with E-state index in [1.165, 1.54) is 26.4 Å². The van der Waals surface area contributed by atoms with Gasteiger partial charge in [-0.25, -0.2) is 0 Å². The molecule has 0 aliphatic carbocycles. The van der Waals surface area contributed by atoms with Crippen molar-refractivity contribution in [1.29, 1.82) is 0 Å². The molecule has 1 saturated heterocycles. The quantitative estimate of drug-likeness (QED) is 0.679. The monoisotopic (exact) mass is 443 g/mol. The summed E-state index contributed by atoms with van der Waals surface area (Å²) in [6.07, 6.45) is -3.62. The summed E-state index contributed by atoms with van der Waals surface area (Å²) < 4.78 is 51.1. The fourth-order valence-electron chi connectivity index (χ4n) is 3.89. The van der Waals surface area contributed by atoms with Gasteiger partial charge in [0.2, 0.25) is 0 Å². The lowest BCUT2D eigenvalue weighted by Gasteiger charge is -2.33. The zero-order chi connectivity index (χ0) is 22.1. The number of alkyl halides is 3. The van der Waals surface area contributed by atoms with Gasteiger partial charge in [0.05, 0.1) is 30.8 Å². The number of hydrogen-bond acceptors (Lipinski definition) is 4. The molecule has 2 unspecified atom stereocenters. The van der Waals surface area contributed by atoms with E-state index in [9.17, 15) is 23.1 Å². The van der Waals surface area contributed by atoms with Gasteiger partial charge in [-0.3, -0.25) is 9.69 Å². The van der Waals surface area contributed by atoms with Crippen LogP contribution < -0.4 is 9.47 Å². The Balaban J connectivity index is 2.21. The van der Waals surface area contributed by atoms with Crippen LogP contribution in [0.1, 0.15) is 35.6 Å². The molecule has 2 aromatic rings. The molecule has 3 rings (SSSR count). The third-order valence-corrected chi connectivity index (χ3v) is 5.59. The molecule has 1 heterocycles. The second-order valence-electron chi connectivity index (χ2n) is 6.98.